The van der Waals surface area contributed by atoms with Gasteiger partial charge in [-0.3, -0.25) is 4.68 Å². The highest BCUT2D eigenvalue weighted by atomic mass is 32.2. The molecule has 0 unspecified atom stereocenters. The second-order valence-corrected chi connectivity index (χ2v) is 6.57. The lowest BCUT2D eigenvalue weighted by atomic mass is 10.1. The predicted octanol–water partition coefficient (Wildman–Crippen LogP) is 0.782. The Balaban J connectivity index is 2.40. The van der Waals surface area contributed by atoms with Crippen molar-refractivity contribution in [1.82, 2.24) is 14.1 Å². The lowest BCUT2D eigenvalue weighted by Gasteiger charge is -2.12. The molecule has 1 aromatic heterocycles. The first-order chi connectivity index (χ1) is 7.40. The fourth-order valence-electron chi connectivity index (χ4n) is 1.74. The van der Waals surface area contributed by atoms with E-state index in [0.29, 0.717) is 12.5 Å². The third kappa shape index (κ3) is 1.99. The molecule has 2 heterocycles. The molecule has 2 rings (SSSR count). The van der Waals surface area contributed by atoms with E-state index in [4.69, 9.17) is 0 Å². The quantitative estimate of drug-likeness (QED) is 0.732. The van der Waals surface area contributed by atoms with Crippen LogP contribution in [0.25, 0.3) is 0 Å². The third-order valence-electron chi connectivity index (χ3n) is 2.92. The molecule has 0 fully saturated rings. The van der Waals surface area contributed by atoms with E-state index >= 15 is 0 Å². The van der Waals surface area contributed by atoms with E-state index in [9.17, 15) is 8.42 Å². The van der Waals surface area contributed by atoms with E-state index in [0.717, 1.165) is 17.8 Å². The van der Waals surface area contributed by atoms with E-state index in [-0.39, 0.29) is 5.88 Å². The lowest BCUT2D eigenvalue weighted by molar-refractivity contribution is 0.474. The molecule has 1 aromatic rings. The summed E-state index contributed by atoms with van der Waals surface area (Å²) in [5.41, 5.74) is 1.98. The SMILES string of the molecule is CC(C)c1cc2n(n1)CS(=O)(=O)N(C)CC2. The maximum atomic E-state index is 11.8. The zero-order valence-corrected chi connectivity index (χ0v) is 10.7. The average molecular weight is 243 g/mol. The molecule has 6 heteroatoms. The van der Waals surface area contributed by atoms with Gasteiger partial charge in [0.15, 0.2) is 5.88 Å². The molecule has 0 atom stereocenters. The molecule has 1 aliphatic rings. The first-order valence-corrected chi connectivity index (χ1v) is 7.01. The summed E-state index contributed by atoms with van der Waals surface area (Å²) in [7, 11) is -1.57. The highest BCUT2D eigenvalue weighted by Gasteiger charge is 2.25. The molecule has 0 spiro atoms. The molecule has 0 radical (unpaired) electrons. The fourth-order valence-corrected chi connectivity index (χ4v) is 2.84. The monoisotopic (exact) mass is 243 g/mol. The summed E-state index contributed by atoms with van der Waals surface area (Å²) in [6.07, 6.45) is 0.732. The second-order valence-electron chi connectivity index (χ2n) is 4.53. The Morgan fingerprint density at radius 1 is 1.44 bits per heavy atom. The Labute approximate surface area is 96.1 Å². The molecule has 0 saturated heterocycles. The second kappa shape index (κ2) is 3.85. The van der Waals surface area contributed by atoms with Crippen molar-refractivity contribution in [3.8, 4) is 0 Å². The van der Waals surface area contributed by atoms with Gasteiger partial charge in [-0.2, -0.15) is 5.10 Å². The van der Waals surface area contributed by atoms with Crippen molar-refractivity contribution in [2.24, 2.45) is 0 Å². The van der Waals surface area contributed by atoms with Crippen LogP contribution in [0.2, 0.25) is 0 Å². The molecule has 0 saturated carbocycles. The zero-order chi connectivity index (χ0) is 11.9. The standard InChI is InChI=1S/C10H17N3O2S/c1-8(2)10-6-9-4-5-12(3)16(14,15)7-13(9)11-10/h6,8H,4-5,7H2,1-3H3. The molecule has 0 aliphatic carbocycles. The van der Waals surface area contributed by atoms with Crippen molar-refractivity contribution < 1.29 is 8.42 Å². The van der Waals surface area contributed by atoms with E-state index < -0.39 is 10.0 Å². The van der Waals surface area contributed by atoms with E-state index in [1.807, 2.05) is 6.07 Å². The van der Waals surface area contributed by atoms with E-state index in [2.05, 4.69) is 18.9 Å². The Morgan fingerprint density at radius 3 is 2.75 bits per heavy atom. The van der Waals surface area contributed by atoms with Crippen LogP contribution >= 0.6 is 0 Å². The summed E-state index contributed by atoms with van der Waals surface area (Å²) >= 11 is 0. The first kappa shape index (κ1) is 11.6. The third-order valence-corrected chi connectivity index (χ3v) is 4.62. The summed E-state index contributed by atoms with van der Waals surface area (Å²) in [5, 5.41) is 4.35. The van der Waals surface area contributed by atoms with Gasteiger partial charge in [0.25, 0.3) is 0 Å². The van der Waals surface area contributed by atoms with Gasteiger partial charge in [-0.15, -0.1) is 0 Å². The minimum Gasteiger partial charge on any atom is -0.253 e. The lowest BCUT2D eigenvalue weighted by Crippen LogP contribution is -2.29. The Hall–Kier alpha value is -0.880. The van der Waals surface area contributed by atoms with Gasteiger partial charge in [0.1, 0.15) is 0 Å². The molecule has 5 nitrogen and oxygen atoms in total. The number of likely N-dealkylation sites (N-methyl/N-ethyl adjacent to an activating group) is 1. The average Bonchev–Trinajstić information content (AvgIpc) is 2.52. The van der Waals surface area contributed by atoms with Gasteiger partial charge < -0.3 is 0 Å². The van der Waals surface area contributed by atoms with Gasteiger partial charge in [-0.25, -0.2) is 12.7 Å². The molecule has 0 aromatic carbocycles. The number of sulfonamides is 1. The molecule has 0 bridgehead atoms. The molecule has 16 heavy (non-hydrogen) atoms. The Kier molecular flexibility index (Phi) is 2.79. The van der Waals surface area contributed by atoms with Crippen molar-refractivity contribution in [3.63, 3.8) is 0 Å². The minimum absolute atomic E-state index is 0.0362. The maximum absolute atomic E-state index is 11.8. The first-order valence-electron chi connectivity index (χ1n) is 5.41. The number of aromatic nitrogens is 2. The van der Waals surface area contributed by atoms with Crippen LogP contribution in [-0.2, 0) is 22.3 Å². The largest absolute Gasteiger partial charge is 0.253 e. The van der Waals surface area contributed by atoms with Crippen LogP contribution in [0.3, 0.4) is 0 Å². The normalized spacial score (nSPS) is 20.8. The fraction of sp³-hybridized carbons (Fsp3) is 0.700. The summed E-state index contributed by atoms with van der Waals surface area (Å²) in [5.74, 6) is 0.297. The maximum Gasteiger partial charge on any atom is 0.234 e. The Bertz CT molecular complexity index is 490. The number of hydrogen-bond donors (Lipinski definition) is 0. The minimum atomic E-state index is -3.19. The number of hydrogen-bond acceptors (Lipinski definition) is 3. The highest BCUT2D eigenvalue weighted by Crippen LogP contribution is 2.19. The summed E-state index contributed by atoms with van der Waals surface area (Å²) in [6.45, 7) is 4.65. The molecule has 0 amide bonds. The van der Waals surface area contributed by atoms with E-state index in [1.165, 1.54) is 4.31 Å². The van der Waals surface area contributed by atoms with Gasteiger partial charge in [-0.05, 0) is 12.0 Å². The topological polar surface area (TPSA) is 55.2 Å². The smallest absolute Gasteiger partial charge is 0.234 e. The van der Waals surface area contributed by atoms with Crippen molar-refractivity contribution >= 4 is 10.0 Å². The predicted molar refractivity (Wildman–Crippen MR) is 61.6 cm³/mol. The zero-order valence-electron chi connectivity index (χ0n) is 9.84. The molecular weight excluding hydrogens is 226 g/mol. The number of fused-ring (bicyclic) bond motifs is 1. The van der Waals surface area contributed by atoms with Crippen molar-refractivity contribution in [2.45, 2.75) is 32.1 Å². The van der Waals surface area contributed by atoms with Crippen molar-refractivity contribution in [2.75, 3.05) is 13.6 Å². The number of nitrogens with zero attached hydrogens (tertiary/aromatic N) is 3. The summed E-state index contributed by atoms with van der Waals surface area (Å²) in [6, 6.07) is 2.01. The molecule has 1 aliphatic heterocycles. The van der Waals surface area contributed by atoms with Crippen molar-refractivity contribution in [1.29, 1.82) is 0 Å². The van der Waals surface area contributed by atoms with Gasteiger partial charge >= 0.3 is 0 Å². The van der Waals surface area contributed by atoms with Crippen LogP contribution in [0.5, 0.6) is 0 Å². The van der Waals surface area contributed by atoms with Crippen LogP contribution in [0.1, 0.15) is 31.2 Å². The van der Waals surface area contributed by atoms with Gasteiger partial charge in [0, 0.05) is 25.7 Å². The van der Waals surface area contributed by atoms with Gasteiger partial charge in [0.2, 0.25) is 10.0 Å². The molecule has 0 N–H and O–H groups in total. The van der Waals surface area contributed by atoms with Crippen LogP contribution < -0.4 is 0 Å². The number of rotatable bonds is 1. The van der Waals surface area contributed by atoms with Crippen molar-refractivity contribution in [3.05, 3.63) is 17.5 Å². The van der Waals surface area contributed by atoms with E-state index in [1.54, 1.807) is 11.7 Å². The van der Waals surface area contributed by atoms with Crippen LogP contribution in [0.4, 0.5) is 0 Å². The summed E-state index contributed by atoms with van der Waals surface area (Å²) in [4.78, 5) is 0. The molecular formula is C10H17N3O2S. The highest BCUT2D eigenvalue weighted by molar-refractivity contribution is 7.88. The summed E-state index contributed by atoms with van der Waals surface area (Å²) < 4.78 is 26.6. The van der Waals surface area contributed by atoms with Crippen LogP contribution in [0.15, 0.2) is 6.07 Å². The van der Waals surface area contributed by atoms with Gasteiger partial charge in [0.05, 0.1) is 5.69 Å². The molecule has 90 valence electrons. The van der Waals surface area contributed by atoms with Crippen LogP contribution in [-0.4, -0.2) is 36.1 Å². The van der Waals surface area contributed by atoms with Crippen LogP contribution in [0, 0.1) is 0 Å². The Morgan fingerprint density at radius 2 is 2.12 bits per heavy atom. The van der Waals surface area contributed by atoms with Gasteiger partial charge in [-0.1, -0.05) is 13.8 Å².